The maximum Gasteiger partial charge on any atom is 0.235 e. The van der Waals surface area contributed by atoms with Gasteiger partial charge in [0.15, 0.2) is 0 Å². The minimum absolute atomic E-state index is 0.0544. The van der Waals surface area contributed by atoms with E-state index in [0.717, 1.165) is 0 Å². The van der Waals surface area contributed by atoms with Crippen molar-refractivity contribution in [2.75, 3.05) is 19.6 Å². The van der Waals surface area contributed by atoms with E-state index in [1.807, 2.05) is 18.7 Å². The Morgan fingerprint density at radius 3 is 2.28 bits per heavy atom. The molecule has 0 aliphatic rings. The average Bonchev–Trinajstić information content (AvgIpc) is 2.29. The third-order valence-corrected chi connectivity index (χ3v) is 2.93. The van der Waals surface area contributed by atoms with E-state index in [4.69, 9.17) is 5.26 Å². The molecule has 0 saturated heterocycles. The Hall–Kier alpha value is -1.60. The summed E-state index contributed by atoms with van der Waals surface area (Å²) in [5.41, 5.74) is -0.828. The fourth-order valence-electron chi connectivity index (χ4n) is 1.40. The van der Waals surface area contributed by atoms with E-state index in [2.05, 4.69) is 24.5 Å². The van der Waals surface area contributed by atoms with Crippen molar-refractivity contribution in [3.05, 3.63) is 25.3 Å². The molecule has 1 amide bonds. The molecule has 0 bridgehead atoms. The monoisotopic (exact) mass is 249 g/mol. The van der Waals surface area contributed by atoms with Gasteiger partial charge in [-0.05, 0) is 12.8 Å². The molecule has 0 aliphatic carbocycles. The Kier molecular flexibility index (Phi) is 6.99. The molecule has 1 unspecified atom stereocenters. The summed E-state index contributed by atoms with van der Waals surface area (Å²) >= 11 is 0. The highest BCUT2D eigenvalue weighted by molar-refractivity contribution is 5.79. The summed E-state index contributed by atoms with van der Waals surface area (Å²) in [4.78, 5) is 13.8. The van der Waals surface area contributed by atoms with Crippen LogP contribution in [0.4, 0.5) is 0 Å². The number of hydrogen-bond donors (Lipinski definition) is 1. The Morgan fingerprint density at radius 1 is 1.44 bits per heavy atom. The summed E-state index contributed by atoms with van der Waals surface area (Å²) < 4.78 is 0. The van der Waals surface area contributed by atoms with E-state index in [-0.39, 0.29) is 18.4 Å². The smallest absolute Gasteiger partial charge is 0.235 e. The van der Waals surface area contributed by atoms with Gasteiger partial charge in [0.25, 0.3) is 0 Å². The number of nitrogens with zero attached hydrogens (tertiary/aromatic N) is 2. The van der Waals surface area contributed by atoms with E-state index in [1.54, 1.807) is 19.1 Å². The van der Waals surface area contributed by atoms with Gasteiger partial charge in [-0.15, -0.1) is 13.2 Å². The zero-order valence-electron chi connectivity index (χ0n) is 11.6. The predicted molar refractivity (Wildman–Crippen MR) is 73.8 cm³/mol. The van der Waals surface area contributed by atoms with Crippen molar-refractivity contribution >= 4 is 5.91 Å². The second-order valence-electron chi connectivity index (χ2n) is 4.79. The molecule has 18 heavy (non-hydrogen) atoms. The summed E-state index contributed by atoms with van der Waals surface area (Å²) in [5, 5.41) is 11.9. The molecule has 1 N–H and O–H groups in total. The van der Waals surface area contributed by atoms with Gasteiger partial charge in [-0.2, -0.15) is 5.26 Å². The highest BCUT2D eigenvalue weighted by Crippen LogP contribution is 2.14. The van der Waals surface area contributed by atoms with Crippen molar-refractivity contribution in [2.45, 2.75) is 26.3 Å². The number of nitriles is 1. The van der Waals surface area contributed by atoms with E-state index < -0.39 is 5.54 Å². The molecular formula is C14H23N3O. The van der Waals surface area contributed by atoms with Crippen molar-refractivity contribution in [1.82, 2.24) is 10.2 Å². The Morgan fingerprint density at radius 2 is 1.94 bits per heavy atom. The molecule has 4 nitrogen and oxygen atoms in total. The van der Waals surface area contributed by atoms with Crippen LogP contribution in [0.2, 0.25) is 0 Å². The third kappa shape index (κ3) is 5.15. The summed E-state index contributed by atoms with van der Waals surface area (Å²) in [7, 11) is 0. The molecule has 4 heteroatoms. The van der Waals surface area contributed by atoms with Crippen LogP contribution in [0.3, 0.4) is 0 Å². The second-order valence-corrected chi connectivity index (χ2v) is 4.79. The first-order valence-corrected chi connectivity index (χ1v) is 6.06. The maximum absolute atomic E-state index is 11.9. The lowest BCUT2D eigenvalue weighted by Gasteiger charge is -2.28. The first-order valence-electron chi connectivity index (χ1n) is 6.06. The zero-order valence-corrected chi connectivity index (χ0v) is 11.6. The first-order chi connectivity index (χ1) is 8.39. The highest BCUT2D eigenvalue weighted by Gasteiger charge is 2.30. The number of hydrogen-bond acceptors (Lipinski definition) is 3. The van der Waals surface area contributed by atoms with Crippen molar-refractivity contribution in [3.8, 4) is 6.07 Å². The van der Waals surface area contributed by atoms with Gasteiger partial charge in [0, 0.05) is 13.1 Å². The molecule has 0 rings (SSSR count). The minimum atomic E-state index is -0.828. The van der Waals surface area contributed by atoms with Gasteiger partial charge < -0.3 is 5.32 Å². The molecule has 0 aromatic rings. The Labute approximate surface area is 110 Å². The largest absolute Gasteiger partial charge is 0.337 e. The van der Waals surface area contributed by atoms with Gasteiger partial charge in [-0.25, -0.2) is 0 Å². The molecule has 0 saturated carbocycles. The number of carbonyl (C=O) groups excluding carboxylic acids is 1. The van der Waals surface area contributed by atoms with Crippen LogP contribution >= 0.6 is 0 Å². The van der Waals surface area contributed by atoms with Crippen LogP contribution in [0.15, 0.2) is 25.3 Å². The maximum atomic E-state index is 11.9. The minimum Gasteiger partial charge on any atom is -0.337 e. The normalized spacial score (nSPS) is 13.8. The lowest BCUT2D eigenvalue weighted by atomic mass is 9.90. The van der Waals surface area contributed by atoms with Crippen LogP contribution < -0.4 is 5.32 Å². The topological polar surface area (TPSA) is 56.1 Å². The second kappa shape index (κ2) is 7.67. The van der Waals surface area contributed by atoms with Crippen LogP contribution in [-0.4, -0.2) is 36.0 Å². The van der Waals surface area contributed by atoms with Gasteiger partial charge in [-0.1, -0.05) is 26.0 Å². The van der Waals surface area contributed by atoms with E-state index in [0.29, 0.717) is 13.1 Å². The van der Waals surface area contributed by atoms with E-state index >= 15 is 0 Å². The molecule has 0 aromatic carbocycles. The highest BCUT2D eigenvalue weighted by atomic mass is 16.2. The van der Waals surface area contributed by atoms with E-state index in [9.17, 15) is 4.79 Å². The van der Waals surface area contributed by atoms with Gasteiger partial charge in [-0.3, -0.25) is 9.69 Å². The number of amides is 1. The number of carbonyl (C=O) groups is 1. The molecule has 0 aliphatic heterocycles. The quantitative estimate of drug-likeness (QED) is 0.666. The van der Waals surface area contributed by atoms with Crippen LogP contribution in [-0.2, 0) is 4.79 Å². The van der Waals surface area contributed by atoms with Crippen molar-refractivity contribution in [2.24, 2.45) is 5.92 Å². The Balaban J connectivity index is 4.53. The number of nitrogens with one attached hydrogen (secondary N) is 1. The van der Waals surface area contributed by atoms with Gasteiger partial charge >= 0.3 is 0 Å². The molecule has 0 heterocycles. The zero-order chi connectivity index (χ0) is 14.2. The molecule has 0 aromatic heterocycles. The van der Waals surface area contributed by atoms with Gasteiger partial charge in [0.05, 0.1) is 12.6 Å². The van der Waals surface area contributed by atoms with Crippen molar-refractivity contribution in [3.63, 3.8) is 0 Å². The summed E-state index contributed by atoms with van der Waals surface area (Å²) in [5.74, 6) is -0.102. The van der Waals surface area contributed by atoms with Gasteiger partial charge in [0.2, 0.25) is 5.91 Å². The number of rotatable bonds is 8. The molecule has 0 fully saturated rings. The first kappa shape index (κ1) is 16.4. The molecule has 0 radical (unpaired) electrons. The van der Waals surface area contributed by atoms with Crippen LogP contribution in [0.5, 0.6) is 0 Å². The van der Waals surface area contributed by atoms with Crippen LogP contribution in [0, 0.1) is 17.2 Å². The van der Waals surface area contributed by atoms with Crippen molar-refractivity contribution in [1.29, 1.82) is 5.26 Å². The lowest BCUT2D eigenvalue weighted by molar-refractivity contribution is -0.123. The molecule has 100 valence electrons. The fraction of sp³-hybridized carbons (Fsp3) is 0.571. The summed E-state index contributed by atoms with van der Waals surface area (Å²) in [6, 6.07) is 2.16. The summed E-state index contributed by atoms with van der Waals surface area (Å²) in [6.07, 6.45) is 3.48. The Bertz CT molecular complexity index is 333. The fourth-order valence-corrected chi connectivity index (χ4v) is 1.40. The van der Waals surface area contributed by atoms with Crippen molar-refractivity contribution < 1.29 is 4.79 Å². The molecular weight excluding hydrogens is 226 g/mol. The van der Waals surface area contributed by atoms with Gasteiger partial charge in [0.1, 0.15) is 5.54 Å². The molecule has 1 atom stereocenters. The third-order valence-electron chi connectivity index (χ3n) is 2.93. The summed E-state index contributed by atoms with van der Waals surface area (Å²) in [6.45, 7) is 14.3. The average molecular weight is 249 g/mol. The molecule has 0 spiro atoms. The SMILES string of the molecule is C=CCN(CC=C)CC(=O)NC(C)(C#N)C(C)C. The predicted octanol–water partition coefficient (Wildman–Crippen LogP) is 1.71. The van der Waals surface area contributed by atoms with Crippen LogP contribution in [0.25, 0.3) is 0 Å². The standard InChI is InChI=1S/C14H23N3O/c1-6-8-17(9-7-2)10-13(18)16-14(5,11-15)12(3)4/h6-7,12H,1-2,8-10H2,3-5H3,(H,16,18). The van der Waals surface area contributed by atoms with Crippen LogP contribution in [0.1, 0.15) is 20.8 Å². The lowest BCUT2D eigenvalue weighted by Crippen LogP contribution is -2.51. The van der Waals surface area contributed by atoms with E-state index in [1.165, 1.54) is 0 Å².